The van der Waals surface area contributed by atoms with Gasteiger partial charge < -0.3 is 10.6 Å². The summed E-state index contributed by atoms with van der Waals surface area (Å²) in [5.74, 6) is 0.511. The number of anilines is 1. The van der Waals surface area contributed by atoms with Crippen molar-refractivity contribution in [1.29, 1.82) is 0 Å². The standard InChI is InChI=1S/C17H19ClN4S/c18-14-6-4-13(5-7-14)17(8-1-2-9-17)12-21-16(23)22-15-19-10-3-11-20-15/h3-7,10-11H,1-2,8-9,12H2,(H2,19,20,21,22,23). The summed E-state index contributed by atoms with van der Waals surface area (Å²) >= 11 is 11.4. The molecule has 120 valence electrons. The number of aromatic nitrogens is 2. The van der Waals surface area contributed by atoms with Crippen molar-refractivity contribution in [3.05, 3.63) is 53.3 Å². The molecular weight excluding hydrogens is 328 g/mol. The third kappa shape index (κ3) is 3.98. The Labute approximate surface area is 146 Å². The molecule has 1 fully saturated rings. The van der Waals surface area contributed by atoms with Crippen LogP contribution in [-0.2, 0) is 5.41 Å². The molecule has 3 rings (SSSR count). The van der Waals surface area contributed by atoms with Crippen molar-refractivity contribution in [1.82, 2.24) is 15.3 Å². The van der Waals surface area contributed by atoms with Gasteiger partial charge in [-0.2, -0.15) is 0 Å². The van der Waals surface area contributed by atoms with Crippen LogP contribution in [-0.4, -0.2) is 21.6 Å². The van der Waals surface area contributed by atoms with Crippen LogP contribution in [0.25, 0.3) is 0 Å². The smallest absolute Gasteiger partial charge is 0.228 e. The maximum absolute atomic E-state index is 6.02. The Kier molecular flexibility index (Phi) is 5.08. The van der Waals surface area contributed by atoms with E-state index in [2.05, 4.69) is 32.7 Å². The van der Waals surface area contributed by atoms with Gasteiger partial charge in [0.2, 0.25) is 5.95 Å². The normalized spacial score (nSPS) is 16.0. The molecule has 1 aliphatic carbocycles. The van der Waals surface area contributed by atoms with Gasteiger partial charge in [-0.15, -0.1) is 0 Å². The van der Waals surface area contributed by atoms with Crippen LogP contribution < -0.4 is 10.6 Å². The van der Waals surface area contributed by atoms with Gasteiger partial charge in [-0.1, -0.05) is 36.6 Å². The second-order valence-electron chi connectivity index (χ2n) is 5.87. The number of halogens is 1. The van der Waals surface area contributed by atoms with Gasteiger partial charge in [0.25, 0.3) is 0 Å². The predicted molar refractivity (Wildman–Crippen MR) is 97.9 cm³/mol. The summed E-state index contributed by atoms with van der Waals surface area (Å²) in [5, 5.41) is 7.68. The summed E-state index contributed by atoms with van der Waals surface area (Å²) in [6.07, 6.45) is 8.17. The van der Waals surface area contributed by atoms with E-state index in [9.17, 15) is 0 Å². The number of rotatable bonds is 4. The van der Waals surface area contributed by atoms with Gasteiger partial charge in [0.05, 0.1) is 0 Å². The molecule has 2 aromatic rings. The molecule has 2 N–H and O–H groups in total. The molecule has 0 saturated heterocycles. The molecule has 0 radical (unpaired) electrons. The van der Waals surface area contributed by atoms with Crippen LogP contribution in [0.2, 0.25) is 5.02 Å². The molecule has 1 saturated carbocycles. The minimum atomic E-state index is 0.119. The quantitative estimate of drug-likeness (QED) is 0.821. The van der Waals surface area contributed by atoms with Crippen molar-refractivity contribution in [2.24, 2.45) is 0 Å². The van der Waals surface area contributed by atoms with E-state index in [0.717, 1.165) is 24.4 Å². The molecule has 0 unspecified atom stereocenters. The summed E-state index contributed by atoms with van der Waals surface area (Å²) < 4.78 is 0. The van der Waals surface area contributed by atoms with E-state index in [1.165, 1.54) is 18.4 Å². The highest BCUT2D eigenvalue weighted by Crippen LogP contribution is 2.40. The third-order valence-corrected chi connectivity index (χ3v) is 4.89. The number of nitrogens with one attached hydrogen (secondary N) is 2. The number of thiocarbonyl (C=S) groups is 1. The Balaban J connectivity index is 1.66. The van der Waals surface area contributed by atoms with E-state index in [1.54, 1.807) is 18.5 Å². The number of hydrogen-bond acceptors (Lipinski definition) is 3. The van der Waals surface area contributed by atoms with Gasteiger partial charge in [-0.05, 0) is 48.8 Å². The molecule has 0 spiro atoms. The molecule has 0 bridgehead atoms. The second kappa shape index (κ2) is 7.23. The first-order valence-electron chi connectivity index (χ1n) is 7.76. The summed E-state index contributed by atoms with van der Waals surface area (Å²) in [6.45, 7) is 0.799. The lowest BCUT2D eigenvalue weighted by Gasteiger charge is -2.30. The largest absolute Gasteiger partial charge is 0.361 e. The third-order valence-electron chi connectivity index (χ3n) is 4.40. The first kappa shape index (κ1) is 16.1. The minimum Gasteiger partial charge on any atom is -0.361 e. The lowest BCUT2D eigenvalue weighted by Crippen LogP contribution is -2.41. The van der Waals surface area contributed by atoms with Crippen LogP contribution in [0.4, 0.5) is 5.95 Å². The van der Waals surface area contributed by atoms with Gasteiger partial charge in [-0.25, -0.2) is 9.97 Å². The van der Waals surface area contributed by atoms with Crippen molar-refractivity contribution >= 4 is 34.9 Å². The fourth-order valence-electron chi connectivity index (χ4n) is 3.18. The maximum atomic E-state index is 6.02. The van der Waals surface area contributed by atoms with Gasteiger partial charge in [0, 0.05) is 29.4 Å². The topological polar surface area (TPSA) is 49.8 Å². The SMILES string of the molecule is S=C(NCC1(c2ccc(Cl)cc2)CCCC1)Nc1ncccn1. The van der Waals surface area contributed by atoms with E-state index >= 15 is 0 Å². The van der Waals surface area contributed by atoms with Crippen molar-refractivity contribution in [2.75, 3.05) is 11.9 Å². The Morgan fingerprint density at radius 1 is 1.13 bits per heavy atom. The molecule has 0 atom stereocenters. The highest BCUT2D eigenvalue weighted by Gasteiger charge is 2.35. The molecule has 1 aliphatic rings. The lowest BCUT2D eigenvalue weighted by molar-refractivity contribution is 0.435. The second-order valence-corrected chi connectivity index (χ2v) is 6.72. The van der Waals surface area contributed by atoms with E-state index in [1.807, 2.05) is 12.1 Å². The number of hydrogen-bond donors (Lipinski definition) is 2. The first-order valence-corrected chi connectivity index (χ1v) is 8.55. The van der Waals surface area contributed by atoms with Crippen molar-refractivity contribution in [3.8, 4) is 0 Å². The van der Waals surface area contributed by atoms with Crippen LogP contribution in [0.1, 0.15) is 31.2 Å². The number of benzene rings is 1. The van der Waals surface area contributed by atoms with Crippen LogP contribution >= 0.6 is 23.8 Å². The Bertz CT molecular complexity index is 654. The van der Waals surface area contributed by atoms with Crippen LogP contribution in [0, 0.1) is 0 Å². The highest BCUT2D eigenvalue weighted by molar-refractivity contribution is 7.80. The molecule has 1 aromatic carbocycles. The summed E-state index contributed by atoms with van der Waals surface area (Å²) in [5.41, 5.74) is 1.44. The van der Waals surface area contributed by atoms with Gasteiger partial charge in [0.15, 0.2) is 5.11 Å². The first-order chi connectivity index (χ1) is 11.2. The van der Waals surface area contributed by atoms with Crippen LogP contribution in [0.15, 0.2) is 42.7 Å². The molecule has 1 heterocycles. The average Bonchev–Trinajstić information content (AvgIpc) is 3.05. The summed E-state index contributed by atoms with van der Waals surface area (Å²) in [4.78, 5) is 8.24. The summed E-state index contributed by atoms with van der Waals surface area (Å²) in [6, 6.07) is 9.96. The van der Waals surface area contributed by atoms with E-state index < -0.39 is 0 Å². The molecule has 23 heavy (non-hydrogen) atoms. The van der Waals surface area contributed by atoms with Crippen molar-refractivity contribution in [3.63, 3.8) is 0 Å². The summed E-state index contributed by atoms with van der Waals surface area (Å²) in [7, 11) is 0. The van der Waals surface area contributed by atoms with E-state index in [4.69, 9.17) is 23.8 Å². The van der Waals surface area contributed by atoms with E-state index in [0.29, 0.717) is 11.1 Å². The maximum Gasteiger partial charge on any atom is 0.228 e. The zero-order valence-electron chi connectivity index (χ0n) is 12.8. The zero-order chi connectivity index (χ0) is 16.1. The molecule has 0 aliphatic heterocycles. The molecule has 0 amide bonds. The monoisotopic (exact) mass is 346 g/mol. The molecule has 4 nitrogen and oxygen atoms in total. The van der Waals surface area contributed by atoms with Crippen LogP contribution in [0.5, 0.6) is 0 Å². The fraction of sp³-hybridized carbons (Fsp3) is 0.353. The Hall–Kier alpha value is -1.72. The minimum absolute atomic E-state index is 0.119. The molecule has 1 aromatic heterocycles. The Morgan fingerprint density at radius 3 is 2.43 bits per heavy atom. The zero-order valence-corrected chi connectivity index (χ0v) is 14.3. The predicted octanol–water partition coefficient (Wildman–Crippen LogP) is 3.93. The average molecular weight is 347 g/mol. The van der Waals surface area contributed by atoms with Crippen molar-refractivity contribution in [2.45, 2.75) is 31.1 Å². The molecular formula is C17H19ClN4S. The van der Waals surface area contributed by atoms with E-state index in [-0.39, 0.29) is 5.41 Å². The fourth-order valence-corrected chi connectivity index (χ4v) is 3.47. The van der Waals surface area contributed by atoms with Crippen molar-refractivity contribution < 1.29 is 0 Å². The Morgan fingerprint density at radius 2 is 1.78 bits per heavy atom. The van der Waals surface area contributed by atoms with Gasteiger partial charge >= 0.3 is 0 Å². The highest BCUT2D eigenvalue weighted by atomic mass is 35.5. The van der Waals surface area contributed by atoms with Gasteiger partial charge in [0.1, 0.15) is 0 Å². The van der Waals surface area contributed by atoms with Gasteiger partial charge in [-0.3, -0.25) is 0 Å². The lowest BCUT2D eigenvalue weighted by atomic mass is 9.79. The van der Waals surface area contributed by atoms with Crippen LogP contribution in [0.3, 0.4) is 0 Å². The number of nitrogens with zero attached hydrogens (tertiary/aromatic N) is 2. The molecule has 6 heteroatoms.